The summed E-state index contributed by atoms with van der Waals surface area (Å²) >= 11 is 0. The van der Waals surface area contributed by atoms with E-state index in [1.165, 1.54) is 4.90 Å². The van der Waals surface area contributed by atoms with E-state index in [0.717, 1.165) is 41.8 Å². The molecule has 3 heterocycles. The van der Waals surface area contributed by atoms with Crippen LogP contribution in [0.15, 0.2) is 18.2 Å². The van der Waals surface area contributed by atoms with E-state index in [9.17, 15) is 14.4 Å². The Balaban J connectivity index is 1.69. The van der Waals surface area contributed by atoms with Crippen molar-refractivity contribution in [3.63, 3.8) is 0 Å². The van der Waals surface area contributed by atoms with E-state index in [0.29, 0.717) is 24.7 Å². The van der Waals surface area contributed by atoms with Gasteiger partial charge in [0, 0.05) is 14.5 Å². The van der Waals surface area contributed by atoms with Gasteiger partial charge in [0.25, 0.3) is 0 Å². The van der Waals surface area contributed by atoms with Gasteiger partial charge in [-0.25, -0.2) is 14.6 Å². The SMILES string of the molecule is CN(C)C(C)(C)c1nc2c3cc(ccc3n1)CCCCCOC(=O)NCC(=O)N1C[C@H](C[C@H]1C(=O)OCC[Si](C)(C)C)O2. The summed E-state index contributed by atoms with van der Waals surface area (Å²) in [4.78, 5) is 52.2. The second-order valence-electron chi connectivity index (χ2n) is 13.5. The standard InChI is InChI=1S/C31H47N5O6Si/c1-31(2,35(3)4)29-33-24-13-12-21-11-9-8-10-14-41-30(39)32-19-26(37)36-20-22(42-27(34-29)23(24)17-21)18-25(36)28(38)40-15-16-43(5,6)7/h12-13,17,22,25H,8-11,14-16,18-20H2,1-7H3,(H,32,39)/t22-,25-/m0/s1. The minimum Gasteiger partial charge on any atom is -0.472 e. The number of nitrogens with zero attached hydrogens (tertiary/aromatic N) is 4. The van der Waals surface area contributed by atoms with Crippen molar-refractivity contribution in [1.82, 2.24) is 25.1 Å². The molecule has 2 amide bonds. The molecule has 1 aromatic heterocycles. The van der Waals surface area contributed by atoms with Crippen LogP contribution < -0.4 is 10.1 Å². The fraction of sp³-hybridized carbons (Fsp3) is 0.645. The highest BCUT2D eigenvalue weighted by molar-refractivity contribution is 6.76. The number of benzene rings is 1. The van der Waals surface area contributed by atoms with Crippen molar-refractivity contribution in [1.29, 1.82) is 0 Å². The Labute approximate surface area is 255 Å². The average molecular weight is 614 g/mol. The van der Waals surface area contributed by atoms with Crippen molar-refractivity contribution in [3.05, 3.63) is 29.6 Å². The molecule has 2 aliphatic rings. The topological polar surface area (TPSA) is 123 Å². The summed E-state index contributed by atoms with van der Waals surface area (Å²) in [7, 11) is 2.54. The first-order valence-electron chi connectivity index (χ1n) is 15.3. The van der Waals surface area contributed by atoms with E-state index in [-0.39, 0.29) is 26.1 Å². The molecule has 1 saturated heterocycles. The predicted molar refractivity (Wildman–Crippen MR) is 167 cm³/mol. The fourth-order valence-corrected chi connectivity index (χ4v) is 5.75. The Morgan fingerprint density at radius 3 is 2.65 bits per heavy atom. The molecule has 2 atom stereocenters. The van der Waals surface area contributed by atoms with Gasteiger partial charge < -0.3 is 24.4 Å². The molecule has 1 aromatic carbocycles. The smallest absolute Gasteiger partial charge is 0.407 e. The van der Waals surface area contributed by atoms with E-state index in [1.807, 2.05) is 20.2 Å². The lowest BCUT2D eigenvalue weighted by Crippen LogP contribution is -2.46. The van der Waals surface area contributed by atoms with E-state index in [1.54, 1.807) is 0 Å². The maximum Gasteiger partial charge on any atom is 0.407 e. The molecule has 4 bridgehead atoms. The minimum absolute atomic E-state index is 0.154. The van der Waals surface area contributed by atoms with Crippen LogP contribution >= 0.6 is 0 Å². The van der Waals surface area contributed by atoms with Crippen LogP contribution in [0, 0.1) is 0 Å². The van der Waals surface area contributed by atoms with Crippen molar-refractivity contribution in [3.8, 4) is 5.88 Å². The van der Waals surface area contributed by atoms with Gasteiger partial charge in [0.2, 0.25) is 11.8 Å². The van der Waals surface area contributed by atoms with Gasteiger partial charge in [-0.3, -0.25) is 9.69 Å². The second kappa shape index (κ2) is 13.6. The number of hydrogen-bond donors (Lipinski definition) is 1. The third-order valence-corrected chi connectivity index (χ3v) is 10.1. The van der Waals surface area contributed by atoms with Crippen molar-refractivity contribution >= 4 is 36.9 Å². The molecule has 0 spiro atoms. The predicted octanol–water partition coefficient (Wildman–Crippen LogP) is 4.11. The van der Waals surface area contributed by atoms with Crippen molar-refractivity contribution in [2.45, 2.75) is 89.3 Å². The molecule has 11 nitrogen and oxygen atoms in total. The molecule has 43 heavy (non-hydrogen) atoms. The van der Waals surface area contributed by atoms with E-state index < -0.39 is 43.7 Å². The number of nitrogens with one attached hydrogen (secondary N) is 1. The monoisotopic (exact) mass is 613 g/mol. The number of esters is 1. The van der Waals surface area contributed by atoms with Gasteiger partial charge in [-0.1, -0.05) is 25.7 Å². The lowest BCUT2D eigenvalue weighted by atomic mass is 10.0. The lowest BCUT2D eigenvalue weighted by Gasteiger charge is -2.31. The van der Waals surface area contributed by atoms with Crippen LogP contribution in [0.25, 0.3) is 10.9 Å². The number of amides is 2. The minimum atomic E-state index is -1.42. The fourth-order valence-electron chi connectivity index (χ4n) is 5.03. The molecule has 0 aliphatic carbocycles. The van der Waals surface area contributed by atoms with Crippen LogP contribution in [0.3, 0.4) is 0 Å². The average Bonchev–Trinajstić information content (AvgIpc) is 3.36. The normalized spacial score (nSPS) is 20.8. The molecule has 0 unspecified atom stereocenters. The molecule has 0 saturated carbocycles. The van der Waals surface area contributed by atoms with Gasteiger partial charge in [-0.2, -0.15) is 4.98 Å². The Hall–Kier alpha value is -3.25. The van der Waals surface area contributed by atoms with Crippen LogP contribution in [0.5, 0.6) is 5.88 Å². The van der Waals surface area contributed by atoms with Gasteiger partial charge in [-0.15, -0.1) is 0 Å². The number of fused-ring (bicyclic) bond motifs is 3. The van der Waals surface area contributed by atoms with E-state index >= 15 is 0 Å². The highest BCUT2D eigenvalue weighted by Gasteiger charge is 2.42. The number of carbonyl (C=O) groups excluding carboxylic acids is 3. The zero-order chi connectivity index (χ0) is 31.4. The molecule has 2 aromatic rings. The van der Waals surface area contributed by atoms with Gasteiger partial charge in [0.1, 0.15) is 18.7 Å². The molecule has 4 rings (SSSR count). The first kappa shape index (κ1) is 32.7. The summed E-state index contributed by atoms with van der Waals surface area (Å²) in [6.45, 7) is 11.2. The second-order valence-corrected chi connectivity index (χ2v) is 19.1. The van der Waals surface area contributed by atoms with Gasteiger partial charge in [0.15, 0.2) is 5.82 Å². The number of hydrogen-bond acceptors (Lipinski definition) is 9. The number of ether oxygens (including phenoxy) is 3. The molecule has 0 radical (unpaired) electrons. The molecule has 1 fully saturated rings. The Morgan fingerprint density at radius 2 is 1.93 bits per heavy atom. The number of aromatic nitrogens is 2. The lowest BCUT2D eigenvalue weighted by molar-refractivity contribution is -0.152. The number of alkyl carbamates (subject to hydrolysis) is 1. The van der Waals surface area contributed by atoms with Crippen LogP contribution in [0.4, 0.5) is 4.79 Å². The van der Waals surface area contributed by atoms with Crippen molar-refractivity contribution < 1.29 is 28.6 Å². The number of carbonyl (C=O) groups is 3. The number of cyclic esters (lactones) is 1. The number of aryl methyl sites for hydroxylation is 1. The van der Waals surface area contributed by atoms with E-state index in [2.05, 4.69) is 55.8 Å². The quantitative estimate of drug-likeness (QED) is 0.379. The molecule has 12 heteroatoms. The first-order valence-corrected chi connectivity index (χ1v) is 19.0. The maximum absolute atomic E-state index is 13.3. The molecular weight excluding hydrogens is 566 g/mol. The largest absolute Gasteiger partial charge is 0.472 e. The van der Waals surface area contributed by atoms with Crippen molar-refractivity contribution in [2.24, 2.45) is 0 Å². The number of rotatable bonds is 6. The molecule has 1 N–H and O–H groups in total. The summed E-state index contributed by atoms with van der Waals surface area (Å²) in [6.07, 6.45) is 2.47. The summed E-state index contributed by atoms with van der Waals surface area (Å²) in [5, 5.41) is 3.33. The molecular formula is C31H47N5O6Si. The van der Waals surface area contributed by atoms with Crippen LogP contribution in [-0.2, 0) is 31.0 Å². The van der Waals surface area contributed by atoms with Gasteiger partial charge >= 0.3 is 12.1 Å². The summed E-state index contributed by atoms with van der Waals surface area (Å²) in [6, 6.07) is 6.15. The maximum atomic E-state index is 13.3. The molecule has 2 aliphatic heterocycles. The third-order valence-electron chi connectivity index (χ3n) is 8.35. The first-order chi connectivity index (χ1) is 20.2. The van der Waals surface area contributed by atoms with E-state index in [4.69, 9.17) is 24.2 Å². The molecule has 236 valence electrons. The van der Waals surface area contributed by atoms with Gasteiger partial charge in [-0.05, 0) is 77.4 Å². The van der Waals surface area contributed by atoms with Gasteiger partial charge in [0.05, 0.1) is 36.2 Å². The third kappa shape index (κ3) is 8.44. The van der Waals surface area contributed by atoms with Crippen LogP contribution in [-0.4, -0.2) is 98.4 Å². The van der Waals surface area contributed by atoms with Crippen LogP contribution in [0.2, 0.25) is 25.7 Å². The van der Waals surface area contributed by atoms with Crippen molar-refractivity contribution in [2.75, 3.05) is 40.4 Å². The summed E-state index contributed by atoms with van der Waals surface area (Å²) < 4.78 is 17.5. The zero-order valence-corrected chi connectivity index (χ0v) is 27.7. The highest BCUT2D eigenvalue weighted by Crippen LogP contribution is 2.32. The summed E-state index contributed by atoms with van der Waals surface area (Å²) in [5.41, 5.74) is 1.43. The Bertz CT molecular complexity index is 1330. The Kier molecular flexibility index (Phi) is 10.3. The zero-order valence-electron chi connectivity index (χ0n) is 26.7. The summed E-state index contributed by atoms with van der Waals surface area (Å²) in [5.74, 6) is 0.187. The Morgan fingerprint density at radius 1 is 1.16 bits per heavy atom. The van der Waals surface area contributed by atoms with Crippen LogP contribution in [0.1, 0.15) is 50.9 Å². The highest BCUT2D eigenvalue weighted by atomic mass is 28.3.